The summed E-state index contributed by atoms with van der Waals surface area (Å²) in [6.07, 6.45) is 1.72. The van der Waals surface area contributed by atoms with Crippen LogP contribution in [0, 0.1) is 0 Å². The van der Waals surface area contributed by atoms with Crippen molar-refractivity contribution in [3.8, 4) is 0 Å². The van der Waals surface area contributed by atoms with Crippen LogP contribution >= 0.6 is 24.0 Å². The molecular formula is C10H12Cl2N2O. The van der Waals surface area contributed by atoms with Gasteiger partial charge in [-0.1, -0.05) is 23.7 Å². The fourth-order valence-electron chi connectivity index (χ4n) is 1.68. The summed E-state index contributed by atoms with van der Waals surface area (Å²) in [7, 11) is 0. The molecule has 0 heterocycles. The highest BCUT2D eigenvalue weighted by Crippen LogP contribution is 2.48. The lowest BCUT2D eigenvalue weighted by molar-refractivity contribution is -0.123. The van der Waals surface area contributed by atoms with Crippen LogP contribution in [0.3, 0.4) is 0 Å². The summed E-state index contributed by atoms with van der Waals surface area (Å²) >= 11 is 5.77. The normalized spacial score (nSPS) is 16.4. The summed E-state index contributed by atoms with van der Waals surface area (Å²) in [4.78, 5) is 11.5. The second-order valence-corrected chi connectivity index (χ2v) is 4.00. The van der Waals surface area contributed by atoms with E-state index in [9.17, 15) is 4.79 Å². The molecule has 0 aromatic heterocycles. The highest BCUT2D eigenvalue weighted by molar-refractivity contribution is 6.30. The van der Waals surface area contributed by atoms with Crippen LogP contribution in [-0.4, -0.2) is 5.91 Å². The monoisotopic (exact) mass is 246 g/mol. The van der Waals surface area contributed by atoms with Crippen LogP contribution in [0.2, 0.25) is 5.02 Å². The lowest BCUT2D eigenvalue weighted by atomic mass is 9.95. The second kappa shape index (κ2) is 4.39. The van der Waals surface area contributed by atoms with Crippen LogP contribution in [-0.2, 0) is 10.2 Å². The molecule has 0 saturated heterocycles. The van der Waals surface area contributed by atoms with Gasteiger partial charge in [-0.25, -0.2) is 5.84 Å². The van der Waals surface area contributed by atoms with Crippen molar-refractivity contribution in [2.24, 2.45) is 5.84 Å². The molecule has 1 aliphatic carbocycles. The first kappa shape index (κ1) is 12.3. The Hall–Kier alpha value is -0.770. The number of carbonyl (C=O) groups excluding carboxylic acids is 1. The van der Waals surface area contributed by atoms with Crippen LogP contribution in [0.15, 0.2) is 24.3 Å². The predicted octanol–water partition coefficient (Wildman–Crippen LogP) is 1.78. The largest absolute Gasteiger partial charge is 0.293 e. The SMILES string of the molecule is Cl.NNC(=O)C1(c2ccc(Cl)cc2)CC1. The van der Waals surface area contributed by atoms with Gasteiger partial charge in [0, 0.05) is 5.02 Å². The Morgan fingerprint density at radius 2 is 1.87 bits per heavy atom. The number of hydrazine groups is 1. The molecule has 1 aliphatic rings. The van der Waals surface area contributed by atoms with Gasteiger partial charge in [0.05, 0.1) is 5.41 Å². The summed E-state index contributed by atoms with van der Waals surface area (Å²) < 4.78 is 0. The molecule has 0 atom stereocenters. The summed E-state index contributed by atoms with van der Waals surface area (Å²) in [5.74, 6) is 5.03. The van der Waals surface area contributed by atoms with E-state index in [1.165, 1.54) is 0 Å². The minimum absolute atomic E-state index is 0. The van der Waals surface area contributed by atoms with Gasteiger partial charge in [-0.05, 0) is 30.5 Å². The van der Waals surface area contributed by atoms with Crippen molar-refractivity contribution in [3.63, 3.8) is 0 Å². The van der Waals surface area contributed by atoms with Gasteiger partial charge in [0.15, 0.2) is 0 Å². The first-order chi connectivity index (χ1) is 6.69. The Labute approximate surface area is 99.4 Å². The maximum Gasteiger partial charge on any atom is 0.244 e. The van der Waals surface area contributed by atoms with Crippen molar-refractivity contribution in [3.05, 3.63) is 34.9 Å². The fraction of sp³-hybridized carbons (Fsp3) is 0.300. The Bertz CT molecular complexity index is 360. The topological polar surface area (TPSA) is 55.1 Å². The molecule has 1 amide bonds. The zero-order valence-corrected chi connectivity index (χ0v) is 9.57. The third kappa shape index (κ3) is 2.09. The number of amides is 1. The number of carbonyl (C=O) groups is 1. The maximum absolute atomic E-state index is 11.5. The first-order valence-electron chi connectivity index (χ1n) is 4.46. The van der Waals surface area contributed by atoms with Crippen molar-refractivity contribution in [1.82, 2.24) is 5.43 Å². The first-order valence-corrected chi connectivity index (χ1v) is 4.84. The van der Waals surface area contributed by atoms with Crippen LogP contribution in [0.5, 0.6) is 0 Å². The molecule has 0 radical (unpaired) electrons. The predicted molar refractivity (Wildman–Crippen MR) is 61.9 cm³/mol. The van der Waals surface area contributed by atoms with E-state index in [0.29, 0.717) is 5.02 Å². The van der Waals surface area contributed by atoms with Crippen LogP contribution in [0.1, 0.15) is 18.4 Å². The number of hydrogen-bond acceptors (Lipinski definition) is 2. The minimum atomic E-state index is -0.390. The molecule has 15 heavy (non-hydrogen) atoms. The molecule has 3 N–H and O–H groups in total. The van der Waals surface area contributed by atoms with Crippen LogP contribution < -0.4 is 11.3 Å². The molecule has 3 nitrogen and oxygen atoms in total. The summed E-state index contributed by atoms with van der Waals surface area (Å²) in [5.41, 5.74) is 2.81. The number of hydrogen-bond donors (Lipinski definition) is 2. The van der Waals surface area contributed by atoms with Gasteiger partial charge >= 0.3 is 0 Å². The molecule has 0 spiro atoms. The van der Waals surface area contributed by atoms with Gasteiger partial charge in [-0.3, -0.25) is 10.2 Å². The Kier molecular flexibility index (Phi) is 3.60. The zero-order valence-electron chi connectivity index (χ0n) is 8.00. The van der Waals surface area contributed by atoms with Crippen molar-refractivity contribution in [1.29, 1.82) is 0 Å². The van der Waals surface area contributed by atoms with E-state index < -0.39 is 0 Å². The van der Waals surface area contributed by atoms with E-state index >= 15 is 0 Å². The van der Waals surface area contributed by atoms with E-state index in [1.54, 1.807) is 12.1 Å². The fourth-order valence-corrected chi connectivity index (χ4v) is 1.80. The molecule has 1 aromatic rings. The highest BCUT2D eigenvalue weighted by atomic mass is 35.5. The number of nitrogens with one attached hydrogen (secondary N) is 1. The van der Waals surface area contributed by atoms with E-state index in [0.717, 1.165) is 18.4 Å². The van der Waals surface area contributed by atoms with Crippen molar-refractivity contribution < 1.29 is 4.79 Å². The molecule has 0 aliphatic heterocycles. The third-order valence-corrected chi connectivity index (χ3v) is 2.96. The van der Waals surface area contributed by atoms with E-state index in [4.69, 9.17) is 17.4 Å². The smallest absolute Gasteiger partial charge is 0.244 e. The average molecular weight is 247 g/mol. The molecule has 1 saturated carbocycles. The zero-order chi connectivity index (χ0) is 10.2. The van der Waals surface area contributed by atoms with Gasteiger partial charge in [0.25, 0.3) is 0 Å². The van der Waals surface area contributed by atoms with Crippen molar-refractivity contribution >= 4 is 29.9 Å². The number of halogens is 2. The van der Waals surface area contributed by atoms with E-state index in [2.05, 4.69) is 5.43 Å². The average Bonchev–Trinajstić information content (AvgIpc) is 2.99. The van der Waals surface area contributed by atoms with E-state index in [1.807, 2.05) is 12.1 Å². The maximum atomic E-state index is 11.5. The molecule has 2 rings (SSSR count). The van der Waals surface area contributed by atoms with Gasteiger partial charge in [0.1, 0.15) is 0 Å². The van der Waals surface area contributed by atoms with E-state index in [-0.39, 0.29) is 23.7 Å². The molecule has 1 fully saturated rings. The minimum Gasteiger partial charge on any atom is -0.293 e. The number of rotatable bonds is 2. The summed E-state index contributed by atoms with van der Waals surface area (Å²) in [5, 5.41) is 0.678. The molecular weight excluding hydrogens is 235 g/mol. The molecule has 0 unspecified atom stereocenters. The lowest BCUT2D eigenvalue weighted by Crippen LogP contribution is -2.39. The van der Waals surface area contributed by atoms with Crippen molar-refractivity contribution in [2.75, 3.05) is 0 Å². The van der Waals surface area contributed by atoms with Gasteiger partial charge in [-0.2, -0.15) is 0 Å². The van der Waals surface area contributed by atoms with Gasteiger partial charge in [-0.15, -0.1) is 12.4 Å². The lowest BCUT2D eigenvalue weighted by Gasteiger charge is -2.13. The molecule has 82 valence electrons. The van der Waals surface area contributed by atoms with Gasteiger partial charge in [0.2, 0.25) is 5.91 Å². The van der Waals surface area contributed by atoms with Crippen LogP contribution in [0.4, 0.5) is 0 Å². The molecule has 5 heteroatoms. The third-order valence-electron chi connectivity index (χ3n) is 2.71. The van der Waals surface area contributed by atoms with Crippen LogP contribution in [0.25, 0.3) is 0 Å². The quantitative estimate of drug-likeness (QED) is 0.475. The summed E-state index contributed by atoms with van der Waals surface area (Å²) in [6, 6.07) is 7.34. The Morgan fingerprint density at radius 1 is 1.33 bits per heavy atom. The highest BCUT2D eigenvalue weighted by Gasteiger charge is 2.50. The molecule has 0 bridgehead atoms. The van der Waals surface area contributed by atoms with Crippen molar-refractivity contribution in [2.45, 2.75) is 18.3 Å². The van der Waals surface area contributed by atoms with Gasteiger partial charge < -0.3 is 0 Å². The summed E-state index contributed by atoms with van der Waals surface area (Å²) in [6.45, 7) is 0. The molecule has 1 aromatic carbocycles. The second-order valence-electron chi connectivity index (χ2n) is 3.56. The number of benzene rings is 1. The Morgan fingerprint density at radius 3 is 2.27 bits per heavy atom. The number of nitrogens with two attached hydrogens (primary N) is 1. The standard InChI is InChI=1S/C10H11ClN2O.ClH/c11-8-3-1-7(2-4-8)10(5-6-10)9(14)13-12;/h1-4H,5-6,12H2,(H,13,14);1H. The Balaban J connectivity index is 0.00000112.